The Morgan fingerprint density at radius 2 is 1.96 bits per heavy atom. The van der Waals surface area contributed by atoms with Gasteiger partial charge in [-0.1, -0.05) is 0 Å². The van der Waals surface area contributed by atoms with Gasteiger partial charge in [-0.2, -0.15) is 13.2 Å². The number of ether oxygens (including phenoxy) is 1. The summed E-state index contributed by atoms with van der Waals surface area (Å²) in [6.07, 6.45) is -1.42. The number of piperidine rings is 1. The van der Waals surface area contributed by atoms with E-state index in [0.29, 0.717) is 25.1 Å². The van der Waals surface area contributed by atoms with Gasteiger partial charge in [0.05, 0.1) is 18.3 Å². The van der Waals surface area contributed by atoms with E-state index in [1.807, 2.05) is 4.90 Å². The van der Waals surface area contributed by atoms with Crippen LogP contribution in [0.4, 0.5) is 19.0 Å². The van der Waals surface area contributed by atoms with Crippen LogP contribution in [0.1, 0.15) is 24.8 Å². The molecule has 134 valence electrons. The van der Waals surface area contributed by atoms with Gasteiger partial charge in [0, 0.05) is 38.0 Å². The molecule has 2 N–H and O–H groups in total. The van der Waals surface area contributed by atoms with Crippen molar-refractivity contribution in [3.63, 3.8) is 0 Å². The number of nitrogens with zero attached hydrogens (tertiary/aromatic N) is 2. The van der Waals surface area contributed by atoms with Crippen molar-refractivity contribution in [3.8, 4) is 0 Å². The molecule has 0 saturated carbocycles. The van der Waals surface area contributed by atoms with Crippen molar-refractivity contribution in [2.24, 2.45) is 0 Å². The number of rotatable bonds is 3. The van der Waals surface area contributed by atoms with E-state index in [-0.39, 0.29) is 6.04 Å². The van der Waals surface area contributed by atoms with Crippen LogP contribution >= 0.6 is 0 Å². The second-order valence-corrected chi connectivity index (χ2v) is 6.37. The molecule has 8 heteroatoms. The number of aliphatic hydroxyl groups is 1. The summed E-state index contributed by atoms with van der Waals surface area (Å²) in [5.41, 5.74) is -0.726. The minimum atomic E-state index is -4.35. The Balaban J connectivity index is 1.51. The first kappa shape index (κ1) is 17.4. The molecule has 2 aliphatic rings. The van der Waals surface area contributed by atoms with Gasteiger partial charge in [-0.25, -0.2) is 4.98 Å². The molecule has 1 aromatic heterocycles. The predicted octanol–water partition coefficient (Wildman–Crippen LogP) is 1.81. The molecule has 0 amide bonds. The summed E-state index contributed by atoms with van der Waals surface area (Å²) in [7, 11) is 0. The molecule has 0 spiro atoms. The molecule has 0 radical (unpaired) electrons. The van der Waals surface area contributed by atoms with Crippen molar-refractivity contribution in [1.29, 1.82) is 0 Å². The predicted molar refractivity (Wildman–Crippen MR) is 82.8 cm³/mol. The second-order valence-electron chi connectivity index (χ2n) is 6.37. The molecule has 1 aromatic rings. The lowest BCUT2D eigenvalue weighted by molar-refractivity contribution is -0.137. The largest absolute Gasteiger partial charge is 0.417 e. The molecule has 0 aromatic carbocycles. The molecule has 5 nitrogen and oxygen atoms in total. The van der Waals surface area contributed by atoms with Crippen LogP contribution in [0, 0.1) is 0 Å². The Hall–Kier alpha value is -1.38. The van der Waals surface area contributed by atoms with Crippen molar-refractivity contribution >= 4 is 5.82 Å². The summed E-state index contributed by atoms with van der Waals surface area (Å²) in [5.74, 6) is 0.576. The Bertz CT molecular complexity index is 530. The van der Waals surface area contributed by atoms with E-state index < -0.39 is 17.8 Å². The highest BCUT2D eigenvalue weighted by Gasteiger charge is 2.31. The van der Waals surface area contributed by atoms with Gasteiger partial charge in [0.2, 0.25) is 0 Å². The Morgan fingerprint density at radius 1 is 1.21 bits per heavy atom. The summed E-state index contributed by atoms with van der Waals surface area (Å²) in [5, 5.41) is 13.4. The zero-order valence-electron chi connectivity index (χ0n) is 13.3. The van der Waals surface area contributed by atoms with Crippen LogP contribution in [0.3, 0.4) is 0 Å². The average Bonchev–Trinajstić information content (AvgIpc) is 2.57. The number of alkyl halides is 3. The maximum atomic E-state index is 12.6. The zero-order valence-corrected chi connectivity index (χ0v) is 13.3. The lowest BCUT2D eigenvalue weighted by Crippen LogP contribution is -2.53. The minimum absolute atomic E-state index is 0.0551. The van der Waals surface area contributed by atoms with Gasteiger partial charge in [-0.05, 0) is 31.4 Å². The molecule has 2 fully saturated rings. The van der Waals surface area contributed by atoms with Gasteiger partial charge in [0.1, 0.15) is 5.82 Å². The summed E-state index contributed by atoms with van der Waals surface area (Å²) in [6, 6.07) is 2.86. The molecule has 2 aliphatic heterocycles. The van der Waals surface area contributed by atoms with Gasteiger partial charge < -0.3 is 20.1 Å². The van der Waals surface area contributed by atoms with Crippen LogP contribution in [0.5, 0.6) is 0 Å². The molecule has 3 heterocycles. The number of halogens is 3. The molecule has 2 atom stereocenters. The second kappa shape index (κ2) is 7.25. The fourth-order valence-electron chi connectivity index (χ4n) is 3.24. The third-order valence-corrected chi connectivity index (χ3v) is 4.67. The highest BCUT2D eigenvalue weighted by atomic mass is 19.4. The van der Waals surface area contributed by atoms with E-state index in [1.54, 1.807) is 0 Å². The first-order valence-electron chi connectivity index (χ1n) is 8.23. The average molecular weight is 345 g/mol. The fraction of sp³-hybridized carbons (Fsp3) is 0.688. The number of anilines is 1. The fourth-order valence-corrected chi connectivity index (χ4v) is 3.24. The third kappa shape index (κ3) is 4.17. The highest BCUT2D eigenvalue weighted by Crippen LogP contribution is 2.29. The van der Waals surface area contributed by atoms with Gasteiger partial charge in [0.25, 0.3) is 0 Å². The number of aliphatic hydroxyl groups excluding tert-OH is 1. The number of aromatic nitrogens is 1. The summed E-state index contributed by atoms with van der Waals surface area (Å²) in [4.78, 5) is 5.95. The maximum absolute atomic E-state index is 12.6. The Kier molecular flexibility index (Phi) is 5.27. The number of nitrogens with one attached hydrogen (secondary N) is 1. The van der Waals surface area contributed by atoms with E-state index in [4.69, 9.17) is 4.74 Å². The number of hydrogen-bond donors (Lipinski definition) is 2. The summed E-state index contributed by atoms with van der Waals surface area (Å²) < 4.78 is 43.0. The van der Waals surface area contributed by atoms with Crippen molar-refractivity contribution in [3.05, 3.63) is 23.9 Å². The van der Waals surface area contributed by atoms with Gasteiger partial charge in [-0.3, -0.25) is 0 Å². The SMILES string of the molecule is O[C@@H]1COCC[C@H]1NC1CCN(c2ccc(C(F)(F)F)cn2)CC1. The smallest absolute Gasteiger partial charge is 0.389 e. The molecule has 3 rings (SSSR count). The molecule has 24 heavy (non-hydrogen) atoms. The van der Waals surface area contributed by atoms with Gasteiger partial charge >= 0.3 is 6.18 Å². The lowest BCUT2D eigenvalue weighted by Gasteiger charge is -2.37. The van der Waals surface area contributed by atoms with E-state index in [2.05, 4.69) is 10.3 Å². The van der Waals surface area contributed by atoms with Gasteiger partial charge in [-0.15, -0.1) is 0 Å². The zero-order chi connectivity index (χ0) is 17.2. The standard InChI is InChI=1S/C16H22F3N3O2/c17-16(18,19)11-1-2-15(20-9-11)22-6-3-12(4-7-22)21-13-5-8-24-10-14(13)23/h1-2,9,12-14,21,23H,3-8,10H2/t13-,14-/m1/s1. The Morgan fingerprint density at radius 3 is 2.54 bits per heavy atom. The topological polar surface area (TPSA) is 57.6 Å². The lowest BCUT2D eigenvalue weighted by atomic mass is 10.00. The van der Waals surface area contributed by atoms with E-state index in [0.717, 1.165) is 44.6 Å². The monoisotopic (exact) mass is 345 g/mol. The van der Waals surface area contributed by atoms with Crippen LogP contribution in [-0.2, 0) is 10.9 Å². The van der Waals surface area contributed by atoms with Crippen molar-refractivity contribution in [1.82, 2.24) is 10.3 Å². The first-order valence-corrected chi connectivity index (χ1v) is 8.23. The van der Waals surface area contributed by atoms with E-state index in [9.17, 15) is 18.3 Å². The number of pyridine rings is 1. The molecule has 0 unspecified atom stereocenters. The quantitative estimate of drug-likeness (QED) is 0.875. The van der Waals surface area contributed by atoms with Crippen LogP contribution in [-0.4, -0.2) is 54.6 Å². The van der Waals surface area contributed by atoms with Crippen LogP contribution < -0.4 is 10.2 Å². The maximum Gasteiger partial charge on any atom is 0.417 e. The van der Waals surface area contributed by atoms with Crippen LogP contribution in [0.15, 0.2) is 18.3 Å². The van der Waals surface area contributed by atoms with Crippen LogP contribution in [0.25, 0.3) is 0 Å². The minimum Gasteiger partial charge on any atom is -0.389 e. The third-order valence-electron chi connectivity index (χ3n) is 4.67. The van der Waals surface area contributed by atoms with Crippen molar-refractivity contribution in [2.45, 2.75) is 43.6 Å². The number of hydrogen-bond acceptors (Lipinski definition) is 5. The van der Waals surface area contributed by atoms with Crippen molar-refractivity contribution in [2.75, 3.05) is 31.2 Å². The summed E-state index contributed by atoms with van der Waals surface area (Å²) in [6.45, 7) is 2.49. The van der Waals surface area contributed by atoms with Gasteiger partial charge in [0.15, 0.2) is 0 Å². The van der Waals surface area contributed by atoms with Crippen LogP contribution in [0.2, 0.25) is 0 Å². The first-order chi connectivity index (χ1) is 11.4. The molecular formula is C16H22F3N3O2. The highest BCUT2D eigenvalue weighted by molar-refractivity contribution is 5.40. The molecular weight excluding hydrogens is 323 g/mol. The van der Waals surface area contributed by atoms with E-state index >= 15 is 0 Å². The molecule has 0 aliphatic carbocycles. The summed E-state index contributed by atoms with van der Waals surface area (Å²) >= 11 is 0. The Labute approximate surface area is 138 Å². The van der Waals surface area contributed by atoms with E-state index in [1.165, 1.54) is 6.07 Å². The molecule has 2 saturated heterocycles. The van der Waals surface area contributed by atoms with Crippen molar-refractivity contribution < 1.29 is 23.0 Å². The molecule has 0 bridgehead atoms. The normalized spacial score (nSPS) is 26.6.